The first-order valence-electron chi connectivity index (χ1n) is 4.05. The minimum absolute atomic E-state index is 0.179. The SMILES string of the molecule is CN(C)c1cnc(C(C)(C)C)s1. The van der Waals surface area contributed by atoms with Crippen LogP contribution in [0.4, 0.5) is 5.00 Å². The predicted octanol–water partition coefficient (Wildman–Crippen LogP) is 2.51. The Hall–Kier alpha value is -0.570. The molecule has 0 N–H and O–H groups in total. The van der Waals surface area contributed by atoms with Gasteiger partial charge >= 0.3 is 0 Å². The van der Waals surface area contributed by atoms with Crippen molar-refractivity contribution in [2.45, 2.75) is 26.2 Å². The summed E-state index contributed by atoms with van der Waals surface area (Å²) >= 11 is 1.76. The summed E-state index contributed by atoms with van der Waals surface area (Å²) in [6.45, 7) is 6.56. The maximum atomic E-state index is 4.39. The van der Waals surface area contributed by atoms with E-state index in [9.17, 15) is 0 Å². The third kappa shape index (κ3) is 1.97. The fraction of sp³-hybridized carbons (Fsp3) is 0.667. The summed E-state index contributed by atoms with van der Waals surface area (Å²) < 4.78 is 0. The molecule has 0 aliphatic carbocycles. The second kappa shape index (κ2) is 3.05. The van der Waals surface area contributed by atoms with E-state index in [2.05, 4.69) is 30.7 Å². The monoisotopic (exact) mass is 184 g/mol. The number of rotatable bonds is 1. The van der Waals surface area contributed by atoms with Gasteiger partial charge in [-0.25, -0.2) is 4.98 Å². The Bertz CT molecular complexity index is 258. The highest BCUT2D eigenvalue weighted by Gasteiger charge is 2.18. The number of hydrogen-bond donors (Lipinski definition) is 0. The van der Waals surface area contributed by atoms with Gasteiger partial charge in [-0.1, -0.05) is 20.8 Å². The third-order valence-corrected chi connectivity index (χ3v) is 3.17. The Morgan fingerprint density at radius 1 is 1.33 bits per heavy atom. The van der Waals surface area contributed by atoms with Gasteiger partial charge in [-0.15, -0.1) is 11.3 Å². The zero-order chi connectivity index (χ0) is 9.35. The molecule has 0 aliphatic rings. The lowest BCUT2D eigenvalue weighted by atomic mass is 9.98. The number of nitrogens with zero attached hydrogens (tertiary/aromatic N) is 2. The highest BCUT2D eigenvalue weighted by atomic mass is 32.1. The second-order valence-electron chi connectivity index (χ2n) is 4.15. The molecule has 12 heavy (non-hydrogen) atoms. The van der Waals surface area contributed by atoms with Gasteiger partial charge in [0.05, 0.1) is 11.2 Å². The first-order chi connectivity index (χ1) is 5.41. The predicted molar refractivity (Wildman–Crippen MR) is 55.1 cm³/mol. The van der Waals surface area contributed by atoms with E-state index in [4.69, 9.17) is 0 Å². The van der Waals surface area contributed by atoms with Crippen LogP contribution < -0.4 is 4.90 Å². The van der Waals surface area contributed by atoms with Crippen LogP contribution in [0.25, 0.3) is 0 Å². The summed E-state index contributed by atoms with van der Waals surface area (Å²) in [5.41, 5.74) is 0.179. The molecule has 0 amide bonds. The van der Waals surface area contributed by atoms with Crippen molar-refractivity contribution in [1.29, 1.82) is 0 Å². The molecule has 0 atom stereocenters. The van der Waals surface area contributed by atoms with Crippen molar-refractivity contribution in [3.05, 3.63) is 11.2 Å². The number of thiazole rings is 1. The van der Waals surface area contributed by atoms with Gasteiger partial charge in [0.15, 0.2) is 0 Å². The average molecular weight is 184 g/mol. The van der Waals surface area contributed by atoms with E-state index in [-0.39, 0.29) is 5.41 Å². The smallest absolute Gasteiger partial charge is 0.111 e. The van der Waals surface area contributed by atoms with Crippen molar-refractivity contribution in [3.63, 3.8) is 0 Å². The van der Waals surface area contributed by atoms with Crippen molar-refractivity contribution >= 4 is 16.3 Å². The summed E-state index contributed by atoms with van der Waals surface area (Å²) in [5, 5.41) is 2.42. The maximum Gasteiger partial charge on any atom is 0.111 e. The van der Waals surface area contributed by atoms with E-state index in [1.54, 1.807) is 11.3 Å². The highest BCUT2D eigenvalue weighted by molar-refractivity contribution is 7.15. The van der Waals surface area contributed by atoms with Crippen molar-refractivity contribution in [2.75, 3.05) is 19.0 Å². The minimum Gasteiger partial charge on any atom is -0.368 e. The van der Waals surface area contributed by atoms with Crippen LogP contribution in [0.5, 0.6) is 0 Å². The summed E-state index contributed by atoms with van der Waals surface area (Å²) in [4.78, 5) is 6.48. The molecule has 0 spiro atoms. The van der Waals surface area contributed by atoms with Crippen LogP contribution in [0.3, 0.4) is 0 Å². The van der Waals surface area contributed by atoms with E-state index in [0.29, 0.717) is 0 Å². The van der Waals surface area contributed by atoms with Crippen molar-refractivity contribution in [1.82, 2.24) is 4.98 Å². The van der Waals surface area contributed by atoms with Gasteiger partial charge < -0.3 is 4.90 Å². The molecule has 0 radical (unpaired) electrons. The minimum atomic E-state index is 0.179. The second-order valence-corrected chi connectivity index (χ2v) is 5.16. The zero-order valence-electron chi connectivity index (χ0n) is 8.38. The fourth-order valence-corrected chi connectivity index (χ4v) is 1.72. The molecule has 1 heterocycles. The molecule has 0 bridgehead atoms. The molecule has 0 saturated heterocycles. The molecule has 0 fully saturated rings. The largest absolute Gasteiger partial charge is 0.368 e. The van der Waals surface area contributed by atoms with Gasteiger partial charge in [0.1, 0.15) is 5.00 Å². The Morgan fingerprint density at radius 2 is 1.92 bits per heavy atom. The van der Waals surface area contributed by atoms with Gasteiger partial charge in [-0.3, -0.25) is 0 Å². The van der Waals surface area contributed by atoms with Gasteiger partial charge in [-0.2, -0.15) is 0 Å². The highest BCUT2D eigenvalue weighted by Crippen LogP contribution is 2.30. The van der Waals surface area contributed by atoms with E-state index in [0.717, 1.165) is 0 Å². The van der Waals surface area contributed by atoms with Crippen LogP contribution in [-0.2, 0) is 5.41 Å². The average Bonchev–Trinajstić information content (AvgIpc) is 2.30. The summed E-state index contributed by atoms with van der Waals surface area (Å²) in [5.74, 6) is 0. The molecule has 3 heteroatoms. The van der Waals surface area contributed by atoms with Crippen LogP contribution in [0.2, 0.25) is 0 Å². The molecule has 2 nitrogen and oxygen atoms in total. The lowest BCUT2D eigenvalue weighted by Crippen LogP contribution is -2.10. The standard InChI is InChI=1S/C9H16N2S/c1-9(2,3)8-10-6-7(12-8)11(4)5/h6H,1-5H3. The van der Waals surface area contributed by atoms with Crippen LogP contribution in [-0.4, -0.2) is 19.1 Å². The van der Waals surface area contributed by atoms with Gasteiger partial charge in [0, 0.05) is 19.5 Å². The van der Waals surface area contributed by atoms with Gasteiger partial charge in [0.2, 0.25) is 0 Å². The van der Waals surface area contributed by atoms with Crippen molar-refractivity contribution in [2.24, 2.45) is 0 Å². The van der Waals surface area contributed by atoms with Gasteiger partial charge in [0.25, 0.3) is 0 Å². The van der Waals surface area contributed by atoms with Gasteiger partial charge in [-0.05, 0) is 0 Å². The summed E-state index contributed by atoms with van der Waals surface area (Å²) in [7, 11) is 4.08. The van der Waals surface area contributed by atoms with Crippen LogP contribution in [0, 0.1) is 0 Å². The summed E-state index contributed by atoms with van der Waals surface area (Å²) in [6.07, 6.45) is 1.94. The quantitative estimate of drug-likeness (QED) is 0.666. The molecule has 1 aromatic rings. The first-order valence-corrected chi connectivity index (χ1v) is 4.86. The molecule has 1 aromatic heterocycles. The van der Waals surface area contributed by atoms with E-state index >= 15 is 0 Å². The lowest BCUT2D eigenvalue weighted by molar-refractivity contribution is 0.585. The Kier molecular flexibility index (Phi) is 2.42. The normalized spacial score (nSPS) is 11.8. The Balaban J connectivity index is 2.92. The Morgan fingerprint density at radius 3 is 2.17 bits per heavy atom. The van der Waals surface area contributed by atoms with E-state index in [1.165, 1.54) is 10.0 Å². The van der Waals surface area contributed by atoms with E-state index < -0.39 is 0 Å². The number of aromatic nitrogens is 1. The molecule has 68 valence electrons. The molecule has 0 aromatic carbocycles. The Labute approximate surface area is 78.2 Å². The molecule has 0 aliphatic heterocycles. The third-order valence-electron chi connectivity index (χ3n) is 1.58. The molecule has 0 unspecified atom stereocenters. The fourth-order valence-electron chi connectivity index (χ4n) is 0.819. The molecular formula is C9H16N2S. The number of anilines is 1. The zero-order valence-corrected chi connectivity index (χ0v) is 9.20. The first kappa shape index (κ1) is 9.52. The van der Waals surface area contributed by atoms with Crippen molar-refractivity contribution < 1.29 is 0 Å². The molecule has 0 saturated carbocycles. The molecule has 1 rings (SSSR count). The van der Waals surface area contributed by atoms with E-state index in [1.807, 2.05) is 20.3 Å². The summed E-state index contributed by atoms with van der Waals surface area (Å²) in [6, 6.07) is 0. The topological polar surface area (TPSA) is 16.1 Å². The van der Waals surface area contributed by atoms with Crippen molar-refractivity contribution in [3.8, 4) is 0 Å². The van der Waals surface area contributed by atoms with Crippen LogP contribution in [0.15, 0.2) is 6.20 Å². The van der Waals surface area contributed by atoms with Crippen LogP contribution in [0.1, 0.15) is 25.8 Å². The molecular weight excluding hydrogens is 168 g/mol. The van der Waals surface area contributed by atoms with Crippen LogP contribution >= 0.6 is 11.3 Å². The maximum absolute atomic E-state index is 4.39. The number of hydrogen-bond acceptors (Lipinski definition) is 3. The lowest BCUT2D eigenvalue weighted by Gasteiger charge is -2.14.